The summed E-state index contributed by atoms with van der Waals surface area (Å²) in [5.41, 5.74) is 0.487. The Labute approximate surface area is 115 Å². The van der Waals surface area contributed by atoms with Crippen molar-refractivity contribution in [1.82, 2.24) is 4.98 Å². The molecule has 0 aliphatic carbocycles. The van der Waals surface area contributed by atoms with Gasteiger partial charge in [-0.2, -0.15) is 0 Å². The van der Waals surface area contributed by atoms with E-state index in [1.54, 1.807) is 13.1 Å². The summed E-state index contributed by atoms with van der Waals surface area (Å²) >= 11 is 0. The van der Waals surface area contributed by atoms with E-state index < -0.39 is 6.10 Å². The Morgan fingerprint density at radius 1 is 1.26 bits per heavy atom. The van der Waals surface area contributed by atoms with E-state index in [1.165, 1.54) is 0 Å². The minimum Gasteiger partial charge on any atom is -0.389 e. The lowest BCUT2D eigenvalue weighted by Gasteiger charge is -2.47. The van der Waals surface area contributed by atoms with E-state index in [9.17, 15) is 5.11 Å². The first kappa shape index (κ1) is 14.3. The number of hydrogen-bond acceptors (Lipinski definition) is 4. The highest BCUT2D eigenvalue weighted by Crippen LogP contribution is 2.31. The van der Waals surface area contributed by atoms with Crippen molar-refractivity contribution in [2.45, 2.75) is 51.9 Å². The molecule has 1 aromatic heterocycles. The van der Waals surface area contributed by atoms with E-state index >= 15 is 0 Å². The zero-order valence-corrected chi connectivity index (χ0v) is 12.5. The molecule has 1 fully saturated rings. The lowest BCUT2D eigenvalue weighted by molar-refractivity contribution is -0.133. The molecule has 19 heavy (non-hydrogen) atoms. The Morgan fingerprint density at radius 3 is 2.37 bits per heavy atom. The van der Waals surface area contributed by atoms with Crippen molar-refractivity contribution in [2.24, 2.45) is 0 Å². The summed E-state index contributed by atoms with van der Waals surface area (Å²) < 4.78 is 6.07. The van der Waals surface area contributed by atoms with E-state index in [0.717, 1.165) is 24.5 Å². The molecular formula is C15H24N2O2. The molecule has 1 N–H and O–H groups in total. The number of aromatic nitrogens is 1. The van der Waals surface area contributed by atoms with E-state index in [4.69, 9.17) is 4.74 Å². The molecule has 0 bridgehead atoms. The second-order valence-corrected chi connectivity index (χ2v) is 6.60. The molecule has 1 aliphatic heterocycles. The van der Waals surface area contributed by atoms with Crippen molar-refractivity contribution in [3.8, 4) is 0 Å². The van der Waals surface area contributed by atoms with Crippen LogP contribution in [0.2, 0.25) is 0 Å². The van der Waals surface area contributed by atoms with Gasteiger partial charge in [-0.3, -0.25) is 0 Å². The third kappa shape index (κ3) is 3.45. The molecule has 4 heteroatoms. The highest BCUT2D eigenvalue weighted by molar-refractivity contribution is 5.43. The summed E-state index contributed by atoms with van der Waals surface area (Å²) in [6.45, 7) is 11.8. The van der Waals surface area contributed by atoms with Gasteiger partial charge in [-0.15, -0.1) is 0 Å². The Morgan fingerprint density at radius 2 is 1.84 bits per heavy atom. The molecule has 1 atom stereocenters. The number of aliphatic hydroxyl groups excluding tert-OH is 1. The van der Waals surface area contributed by atoms with Gasteiger partial charge in [-0.05, 0) is 52.3 Å². The second-order valence-electron chi connectivity index (χ2n) is 6.60. The molecule has 106 valence electrons. The number of pyridine rings is 1. The standard InChI is InChI=1S/C15H24N2O2/c1-11(18)12-6-7-16-13(8-12)17-9-14(2,3)19-15(4,5)10-17/h6-8,11,18H,9-10H2,1-5H3/t11-/m1/s1. The molecule has 0 spiro atoms. The fourth-order valence-corrected chi connectivity index (χ4v) is 2.82. The summed E-state index contributed by atoms with van der Waals surface area (Å²) in [6, 6.07) is 3.81. The van der Waals surface area contributed by atoms with Gasteiger partial charge in [0, 0.05) is 19.3 Å². The second kappa shape index (κ2) is 4.76. The van der Waals surface area contributed by atoms with Crippen molar-refractivity contribution >= 4 is 5.82 Å². The molecule has 2 rings (SSSR count). The SMILES string of the molecule is C[C@@H](O)c1ccnc(N2CC(C)(C)OC(C)(C)C2)c1. The Kier molecular flexibility index (Phi) is 3.58. The third-order valence-electron chi connectivity index (χ3n) is 3.27. The van der Waals surface area contributed by atoms with Gasteiger partial charge in [0.1, 0.15) is 5.82 Å². The number of rotatable bonds is 2. The predicted molar refractivity (Wildman–Crippen MR) is 76.3 cm³/mol. The summed E-state index contributed by atoms with van der Waals surface area (Å²) in [5.74, 6) is 0.905. The Bertz CT molecular complexity index is 439. The minimum absolute atomic E-state index is 0.204. The van der Waals surface area contributed by atoms with Gasteiger partial charge in [0.05, 0.1) is 17.3 Å². The number of aliphatic hydroxyl groups is 1. The highest BCUT2D eigenvalue weighted by Gasteiger charge is 2.38. The minimum atomic E-state index is -0.469. The molecule has 1 aromatic rings. The topological polar surface area (TPSA) is 45.6 Å². The highest BCUT2D eigenvalue weighted by atomic mass is 16.5. The average molecular weight is 264 g/mol. The van der Waals surface area contributed by atoms with Gasteiger partial charge < -0.3 is 14.7 Å². The maximum atomic E-state index is 9.68. The smallest absolute Gasteiger partial charge is 0.129 e. The molecule has 0 amide bonds. The average Bonchev–Trinajstić information content (AvgIpc) is 2.25. The van der Waals surface area contributed by atoms with Crippen LogP contribution in [0.1, 0.15) is 46.3 Å². The lowest BCUT2D eigenvalue weighted by Crippen LogP contribution is -2.57. The van der Waals surface area contributed by atoms with Crippen LogP contribution >= 0.6 is 0 Å². The van der Waals surface area contributed by atoms with Gasteiger partial charge >= 0.3 is 0 Å². The van der Waals surface area contributed by atoms with Crippen LogP contribution in [-0.4, -0.2) is 34.4 Å². The molecule has 2 heterocycles. The van der Waals surface area contributed by atoms with Crippen molar-refractivity contribution < 1.29 is 9.84 Å². The third-order valence-corrected chi connectivity index (χ3v) is 3.27. The zero-order chi connectivity index (χ0) is 14.3. The van der Waals surface area contributed by atoms with Crippen LogP contribution < -0.4 is 4.90 Å². The normalized spacial score (nSPS) is 23.2. The largest absolute Gasteiger partial charge is 0.389 e. The summed E-state index contributed by atoms with van der Waals surface area (Å²) in [7, 11) is 0. The summed E-state index contributed by atoms with van der Waals surface area (Å²) in [5, 5.41) is 9.68. The maximum absolute atomic E-state index is 9.68. The molecule has 0 radical (unpaired) electrons. The zero-order valence-electron chi connectivity index (χ0n) is 12.5. The number of hydrogen-bond donors (Lipinski definition) is 1. The van der Waals surface area contributed by atoms with Gasteiger partial charge in [-0.25, -0.2) is 4.98 Å². The van der Waals surface area contributed by atoms with Gasteiger partial charge in [0.25, 0.3) is 0 Å². The number of anilines is 1. The first-order valence-electron chi connectivity index (χ1n) is 6.78. The molecule has 0 saturated carbocycles. The fourth-order valence-electron chi connectivity index (χ4n) is 2.82. The van der Waals surface area contributed by atoms with Crippen LogP contribution in [0.5, 0.6) is 0 Å². The monoisotopic (exact) mass is 264 g/mol. The molecular weight excluding hydrogens is 240 g/mol. The van der Waals surface area contributed by atoms with Crippen LogP contribution in [-0.2, 0) is 4.74 Å². The van der Waals surface area contributed by atoms with E-state index in [2.05, 4.69) is 37.6 Å². The van der Waals surface area contributed by atoms with Crippen LogP contribution in [0.4, 0.5) is 5.82 Å². The number of nitrogens with zero attached hydrogens (tertiary/aromatic N) is 2. The van der Waals surface area contributed by atoms with Gasteiger partial charge in [0.2, 0.25) is 0 Å². The van der Waals surface area contributed by atoms with Gasteiger partial charge in [0.15, 0.2) is 0 Å². The number of ether oxygens (including phenoxy) is 1. The maximum Gasteiger partial charge on any atom is 0.129 e. The summed E-state index contributed by atoms with van der Waals surface area (Å²) in [4.78, 5) is 6.67. The lowest BCUT2D eigenvalue weighted by atomic mass is 9.99. The van der Waals surface area contributed by atoms with Crippen molar-refractivity contribution in [3.05, 3.63) is 23.9 Å². The van der Waals surface area contributed by atoms with E-state index in [1.807, 2.05) is 12.1 Å². The van der Waals surface area contributed by atoms with Crippen LogP contribution in [0, 0.1) is 0 Å². The molecule has 0 unspecified atom stereocenters. The molecule has 0 aromatic carbocycles. The van der Waals surface area contributed by atoms with Crippen molar-refractivity contribution in [1.29, 1.82) is 0 Å². The Balaban J connectivity index is 2.28. The van der Waals surface area contributed by atoms with E-state index in [0.29, 0.717) is 0 Å². The van der Waals surface area contributed by atoms with Crippen LogP contribution in [0.15, 0.2) is 18.3 Å². The summed E-state index contributed by atoms with van der Waals surface area (Å²) in [6.07, 6.45) is 1.29. The first-order valence-corrected chi connectivity index (χ1v) is 6.78. The van der Waals surface area contributed by atoms with Crippen LogP contribution in [0.25, 0.3) is 0 Å². The van der Waals surface area contributed by atoms with Crippen molar-refractivity contribution in [3.63, 3.8) is 0 Å². The molecule has 1 saturated heterocycles. The fraction of sp³-hybridized carbons (Fsp3) is 0.667. The van der Waals surface area contributed by atoms with Crippen molar-refractivity contribution in [2.75, 3.05) is 18.0 Å². The number of morpholine rings is 1. The Hall–Kier alpha value is -1.13. The molecule has 1 aliphatic rings. The van der Waals surface area contributed by atoms with E-state index in [-0.39, 0.29) is 11.2 Å². The van der Waals surface area contributed by atoms with Gasteiger partial charge in [-0.1, -0.05) is 0 Å². The first-order chi connectivity index (χ1) is 8.69. The quantitative estimate of drug-likeness (QED) is 0.891. The van der Waals surface area contributed by atoms with Crippen LogP contribution in [0.3, 0.4) is 0 Å². The molecule has 4 nitrogen and oxygen atoms in total. The predicted octanol–water partition coefficient (Wildman–Crippen LogP) is 2.53.